The van der Waals surface area contributed by atoms with Crippen LogP contribution in [-0.2, 0) is 17.6 Å². The molecule has 3 heterocycles. The lowest BCUT2D eigenvalue weighted by molar-refractivity contribution is 0.302. The number of aliphatic imine (C=N–C) groups is 1. The molecule has 24 heavy (non-hydrogen) atoms. The third kappa shape index (κ3) is 2.33. The van der Waals surface area contributed by atoms with Gasteiger partial charge in [-0.25, -0.2) is 4.99 Å². The van der Waals surface area contributed by atoms with Crippen molar-refractivity contribution in [2.75, 3.05) is 7.11 Å². The van der Waals surface area contributed by atoms with Crippen molar-refractivity contribution in [3.05, 3.63) is 64.1 Å². The minimum absolute atomic E-state index is 0.828. The van der Waals surface area contributed by atoms with Crippen LogP contribution in [0.1, 0.15) is 48.0 Å². The topological polar surface area (TPSA) is 53.2 Å². The van der Waals surface area contributed by atoms with E-state index in [9.17, 15) is 0 Å². The Morgan fingerprint density at radius 2 is 2.00 bits per heavy atom. The van der Waals surface area contributed by atoms with Crippen molar-refractivity contribution >= 4 is 11.3 Å². The highest BCUT2D eigenvalue weighted by Gasteiger charge is 2.24. The number of nitrogens with zero attached hydrogens (tertiary/aromatic N) is 1. The predicted molar refractivity (Wildman–Crippen MR) is 97.2 cm³/mol. The van der Waals surface area contributed by atoms with E-state index >= 15 is 0 Å². The number of allylic oxidation sites excluding steroid dienone is 2. The number of hydrogen-bond donors (Lipinski definition) is 2. The Morgan fingerprint density at radius 3 is 2.71 bits per heavy atom. The van der Waals surface area contributed by atoms with Gasteiger partial charge in [-0.2, -0.15) is 0 Å². The van der Waals surface area contributed by atoms with Crippen LogP contribution in [0.3, 0.4) is 0 Å². The lowest BCUT2D eigenvalue weighted by atomic mass is 9.90. The van der Waals surface area contributed by atoms with Gasteiger partial charge in [0, 0.05) is 29.2 Å². The summed E-state index contributed by atoms with van der Waals surface area (Å²) in [6, 6.07) is 4.01. The van der Waals surface area contributed by atoms with E-state index in [1.54, 1.807) is 7.11 Å². The van der Waals surface area contributed by atoms with E-state index in [-0.39, 0.29) is 0 Å². The van der Waals surface area contributed by atoms with E-state index in [1.165, 1.54) is 41.8 Å². The van der Waals surface area contributed by atoms with Gasteiger partial charge in [-0.1, -0.05) is 0 Å². The second-order valence-electron chi connectivity index (χ2n) is 6.56. The van der Waals surface area contributed by atoms with Gasteiger partial charge in [0.15, 0.2) is 0 Å². The number of aromatic amines is 2. The molecule has 0 saturated carbocycles. The number of hydrogen-bond acceptors (Lipinski definition) is 2. The van der Waals surface area contributed by atoms with Crippen molar-refractivity contribution in [2.24, 2.45) is 4.99 Å². The molecule has 0 spiro atoms. The van der Waals surface area contributed by atoms with Gasteiger partial charge in [0.25, 0.3) is 0 Å². The minimum atomic E-state index is 0.828. The van der Waals surface area contributed by atoms with Gasteiger partial charge in [0.2, 0.25) is 0 Å². The van der Waals surface area contributed by atoms with Crippen LogP contribution < -0.4 is 0 Å². The van der Waals surface area contributed by atoms with Crippen molar-refractivity contribution in [3.8, 4) is 0 Å². The number of fused-ring (bicyclic) bond motifs is 1. The van der Waals surface area contributed by atoms with Crippen molar-refractivity contribution in [1.29, 1.82) is 0 Å². The Kier molecular flexibility index (Phi) is 3.68. The maximum Gasteiger partial charge on any atom is 0.147 e. The number of ether oxygens (including phenoxy) is 1. The van der Waals surface area contributed by atoms with E-state index in [0.717, 1.165) is 34.9 Å². The summed E-state index contributed by atoms with van der Waals surface area (Å²) in [5.74, 6) is 0.828. The minimum Gasteiger partial charge on any atom is -0.494 e. The molecule has 0 aromatic carbocycles. The summed E-state index contributed by atoms with van der Waals surface area (Å²) in [5.41, 5.74) is 9.53. The van der Waals surface area contributed by atoms with Gasteiger partial charge < -0.3 is 14.7 Å². The van der Waals surface area contributed by atoms with E-state index in [4.69, 9.17) is 9.73 Å². The second kappa shape index (κ2) is 5.86. The molecule has 2 aliphatic rings. The third-order valence-corrected chi connectivity index (χ3v) is 5.09. The molecular weight excluding hydrogens is 298 g/mol. The zero-order valence-electron chi connectivity index (χ0n) is 14.5. The predicted octanol–water partition coefficient (Wildman–Crippen LogP) is 4.29. The Labute approximate surface area is 142 Å². The molecule has 0 unspecified atom stereocenters. The van der Waals surface area contributed by atoms with Crippen LogP contribution in [0.2, 0.25) is 0 Å². The average molecular weight is 321 g/mol. The summed E-state index contributed by atoms with van der Waals surface area (Å²) >= 11 is 0. The summed E-state index contributed by atoms with van der Waals surface area (Å²) in [5, 5.41) is 0. The van der Waals surface area contributed by atoms with Crippen LogP contribution in [0.5, 0.6) is 0 Å². The Balaban J connectivity index is 1.83. The van der Waals surface area contributed by atoms with Gasteiger partial charge in [-0.3, -0.25) is 0 Å². The van der Waals surface area contributed by atoms with Gasteiger partial charge >= 0.3 is 0 Å². The summed E-state index contributed by atoms with van der Waals surface area (Å²) < 4.78 is 5.61. The molecule has 4 heteroatoms. The highest BCUT2D eigenvalue weighted by Crippen LogP contribution is 2.35. The van der Waals surface area contributed by atoms with Gasteiger partial charge in [0.1, 0.15) is 11.5 Å². The van der Waals surface area contributed by atoms with E-state index < -0.39 is 0 Å². The number of rotatable bonds is 3. The molecule has 0 atom stereocenters. The van der Waals surface area contributed by atoms with Crippen LogP contribution in [0.15, 0.2) is 40.9 Å². The summed E-state index contributed by atoms with van der Waals surface area (Å²) in [6.45, 7) is 4.32. The zero-order chi connectivity index (χ0) is 16.7. The van der Waals surface area contributed by atoms with Crippen molar-refractivity contribution in [1.82, 2.24) is 9.97 Å². The van der Waals surface area contributed by atoms with Gasteiger partial charge in [-0.05, 0) is 62.8 Å². The highest BCUT2D eigenvalue weighted by molar-refractivity contribution is 6.11. The third-order valence-electron chi connectivity index (χ3n) is 5.09. The highest BCUT2D eigenvalue weighted by atomic mass is 16.5. The number of aryl methyl sites for hydroxylation is 1. The molecule has 0 bridgehead atoms. The molecular formula is C20H23N3O. The number of nitrogens with one attached hydrogen (secondary N) is 2. The molecule has 1 aliphatic heterocycles. The molecule has 1 aliphatic carbocycles. The molecule has 2 N–H and O–H groups in total. The van der Waals surface area contributed by atoms with Gasteiger partial charge in [-0.15, -0.1) is 0 Å². The van der Waals surface area contributed by atoms with Gasteiger partial charge in [0.05, 0.1) is 18.5 Å². The lowest BCUT2D eigenvalue weighted by Gasteiger charge is -2.14. The fraction of sp³-hybridized carbons (Fsp3) is 0.350. The lowest BCUT2D eigenvalue weighted by Crippen LogP contribution is -2.02. The number of methoxy groups -OCH3 is 1. The molecule has 2 aromatic rings. The average Bonchev–Trinajstić information content (AvgIpc) is 3.33. The normalized spacial score (nSPS) is 19.0. The van der Waals surface area contributed by atoms with E-state index in [0.29, 0.717) is 0 Å². The fourth-order valence-electron chi connectivity index (χ4n) is 3.82. The Hall–Kier alpha value is -2.49. The smallest absolute Gasteiger partial charge is 0.147 e. The first-order chi connectivity index (χ1) is 11.7. The first-order valence-electron chi connectivity index (χ1n) is 8.59. The largest absolute Gasteiger partial charge is 0.494 e. The standard InChI is InChI=1S/C20H23N3O/c1-12(19-15-8-5-4-7-14(15)13(2)22-19)20-18(24-3)11-17(23-20)16-9-6-10-21-16/h6,9-11,21-22H,4-5,7-8H2,1-3H3. The molecule has 4 rings (SSSR count). The Morgan fingerprint density at radius 1 is 1.21 bits per heavy atom. The molecule has 4 nitrogen and oxygen atoms in total. The van der Waals surface area contributed by atoms with Crippen molar-refractivity contribution < 1.29 is 4.74 Å². The molecule has 0 radical (unpaired) electrons. The Bertz CT molecular complexity index is 863. The first-order valence-corrected chi connectivity index (χ1v) is 8.59. The van der Waals surface area contributed by atoms with E-state index in [1.807, 2.05) is 24.4 Å². The monoisotopic (exact) mass is 321 g/mol. The molecule has 124 valence electrons. The number of H-pyrrole nitrogens is 2. The SMILES string of the molecule is COC1=CC(c2ccc[nH]2)=NC1=C(C)c1[nH]c(C)c2c1CCCC2. The molecule has 0 saturated heterocycles. The van der Waals surface area contributed by atoms with Crippen LogP contribution in [0.25, 0.3) is 5.57 Å². The second-order valence-corrected chi connectivity index (χ2v) is 6.56. The molecule has 0 fully saturated rings. The molecule has 0 amide bonds. The first kappa shape index (κ1) is 15.1. The van der Waals surface area contributed by atoms with Crippen LogP contribution in [0, 0.1) is 6.92 Å². The van der Waals surface area contributed by atoms with Crippen molar-refractivity contribution in [3.63, 3.8) is 0 Å². The van der Waals surface area contributed by atoms with Crippen LogP contribution in [-0.4, -0.2) is 22.8 Å². The van der Waals surface area contributed by atoms with Crippen LogP contribution >= 0.6 is 0 Å². The molecule has 2 aromatic heterocycles. The maximum atomic E-state index is 5.61. The summed E-state index contributed by atoms with van der Waals surface area (Å²) in [4.78, 5) is 11.7. The zero-order valence-corrected chi connectivity index (χ0v) is 14.5. The number of aromatic nitrogens is 2. The maximum absolute atomic E-state index is 5.61. The summed E-state index contributed by atoms with van der Waals surface area (Å²) in [6.07, 6.45) is 8.82. The quantitative estimate of drug-likeness (QED) is 0.870. The fourth-order valence-corrected chi connectivity index (χ4v) is 3.82. The van der Waals surface area contributed by atoms with Crippen molar-refractivity contribution in [2.45, 2.75) is 39.5 Å². The summed E-state index contributed by atoms with van der Waals surface area (Å²) in [7, 11) is 1.71. The van der Waals surface area contributed by atoms with Crippen LogP contribution in [0.4, 0.5) is 0 Å². The van der Waals surface area contributed by atoms with E-state index in [2.05, 4.69) is 23.8 Å².